The Balaban J connectivity index is 0.000000336. The van der Waals surface area contributed by atoms with Crippen molar-refractivity contribution in [2.24, 2.45) is 0 Å². The maximum absolute atomic E-state index is 9.97. The number of alkyl halides is 1. The van der Waals surface area contributed by atoms with Crippen LogP contribution in [0.15, 0.2) is 24.3 Å². The van der Waals surface area contributed by atoms with Gasteiger partial charge in [0.1, 0.15) is 0 Å². The van der Waals surface area contributed by atoms with Crippen molar-refractivity contribution < 1.29 is 4.79 Å². The molecule has 0 aliphatic carbocycles. The van der Waals surface area contributed by atoms with Gasteiger partial charge in [-0.05, 0) is 31.7 Å². The van der Waals surface area contributed by atoms with Crippen LogP contribution in [-0.2, 0) is 4.79 Å². The molecule has 0 aromatic heterocycles. The van der Waals surface area contributed by atoms with Crippen molar-refractivity contribution in [1.29, 1.82) is 0 Å². The molecule has 1 amide bonds. The van der Waals surface area contributed by atoms with Crippen LogP contribution in [-0.4, -0.2) is 25.9 Å². The lowest BCUT2D eigenvalue weighted by Gasteiger charge is -1.97. The summed E-state index contributed by atoms with van der Waals surface area (Å²) in [7, 11) is 1.88. The number of carbonyl (C=O) groups excluding carboxylic acids is 1. The molecule has 0 aliphatic heterocycles. The molecule has 84 valence electrons. The van der Waals surface area contributed by atoms with Gasteiger partial charge in [0.2, 0.25) is 6.41 Å². The van der Waals surface area contributed by atoms with E-state index in [4.69, 9.17) is 11.6 Å². The molecule has 2 N–H and O–H groups in total. The van der Waals surface area contributed by atoms with E-state index in [2.05, 4.69) is 10.6 Å². The fraction of sp³-hybridized carbons (Fsp3) is 0.364. The summed E-state index contributed by atoms with van der Waals surface area (Å²) in [5.41, 5.74) is 1.99. The van der Waals surface area contributed by atoms with Gasteiger partial charge < -0.3 is 10.6 Å². The Morgan fingerprint density at radius 1 is 1.47 bits per heavy atom. The molecule has 1 aromatic rings. The molecule has 0 fully saturated rings. The maximum atomic E-state index is 9.97. The van der Waals surface area contributed by atoms with Crippen LogP contribution in [0.5, 0.6) is 0 Å². The molecular formula is C11H17ClN2O. The Morgan fingerprint density at radius 2 is 2.20 bits per heavy atom. The standard InChI is InChI=1S/C8H9NO.C3H8ClN/c1-7-3-2-4-8(5-7)9-6-10;1-5-3-2-4/h2-6H,1H3,(H,9,10);5H,2-3H2,1H3. The minimum Gasteiger partial charge on any atom is -0.329 e. The molecule has 3 nitrogen and oxygen atoms in total. The van der Waals surface area contributed by atoms with Crippen molar-refractivity contribution in [3.05, 3.63) is 29.8 Å². The average molecular weight is 229 g/mol. The molecule has 0 radical (unpaired) electrons. The Labute approximate surface area is 95.8 Å². The van der Waals surface area contributed by atoms with Gasteiger partial charge in [-0.25, -0.2) is 0 Å². The summed E-state index contributed by atoms with van der Waals surface area (Å²) in [6, 6.07) is 7.65. The van der Waals surface area contributed by atoms with E-state index in [1.54, 1.807) is 0 Å². The van der Waals surface area contributed by atoms with E-state index in [-0.39, 0.29) is 0 Å². The lowest BCUT2D eigenvalue weighted by Crippen LogP contribution is -2.07. The highest BCUT2D eigenvalue weighted by atomic mass is 35.5. The first-order valence-corrected chi connectivity index (χ1v) is 5.25. The van der Waals surface area contributed by atoms with Crippen LogP contribution in [0, 0.1) is 6.92 Å². The predicted molar refractivity (Wildman–Crippen MR) is 65.5 cm³/mol. The zero-order valence-corrected chi connectivity index (χ0v) is 9.84. The van der Waals surface area contributed by atoms with Gasteiger partial charge in [0.15, 0.2) is 0 Å². The number of rotatable bonds is 4. The van der Waals surface area contributed by atoms with Gasteiger partial charge in [-0.2, -0.15) is 0 Å². The molecule has 0 atom stereocenters. The van der Waals surface area contributed by atoms with Gasteiger partial charge in [0.05, 0.1) is 0 Å². The maximum Gasteiger partial charge on any atom is 0.211 e. The second-order valence-electron chi connectivity index (χ2n) is 2.92. The van der Waals surface area contributed by atoms with E-state index in [0.29, 0.717) is 12.3 Å². The fourth-order valence-electron chi connectivity index (χ4n) is 0.897. The van der Waals surface area contributed by atoms with E-state index in [1.165, 1.54) is 0 Å². The third kappa shape index (κ3) is 7.97. The topological polar surface area (TPSA) is 41.1 Å². The summed E-state index contributed by atoms with van der Waals surface area (Å²) in [5.74, 6) is 0.705. The van der Waals surface area contributed by atoms with Gasteiger partial charge in [0, 0.05) is 18.1 Å². The van der Waals surface area contributed by atoms with E-state index in [0.717, 1.165) is 17.8 Å². The van der Waals surface area contributed by atoms with Crippen LogP contribution in [0.4, 0.5) is 5.69 Å². The van der Waals surface area contributed by atoms with E-state index in [9.17, 15) is 4.79 Å². The summed E-state index contributed by atoms with van der Waals surface area (Å²) in [6.45, 7) is 2.89. The van der Waals surface area contributed by atoms with Gasteiger partial charge in [-0.15, -0.1) is 11.6 Å². The van der Waals surface area contributed by atoms with Crippen LogP contribution in [0.3, 0.4) is 0 Å². The minimum absolute atomic E-state index is 0.675. The Morgan fingerprint density at radius 3 is 2.60 bits per heavy atom. The molecule has 1 aromatic carbocycles. The largest absolute Gasteiger partial charge is 0.329 e. The molecule has 15 heavy (non-hydrogen) atoms. The van der Waals surface area contributed by atoms with Crippen molar-refractivity contribution in [3.63, 3.8) is 0 Å². The quantitative estimate of drug-likeness (QED) is 0.612. The van der Waals surface area contributed by atoms with Crippen LogP contribution in [0.25, 0.3) is 0 Å². The average Bonchev–Trinajstić information content (AvgIpc) is 2.20. The monoisotopic (exact) mass is 228 g/mol. The molecule has 0 unspecified atom stereocenters. The van der Waals surface area contributed by atoms with Crippen LogP contribution < -0.4 is 10.6 Å². The number of benzene rings is 1. The van der Waals surface area contributed by atoms with Crippen molar-refractivity contribution in [3.8, 4) is 0 Å². The van der Waals surface area contributed by atoms with Gasteiger partial charge in [-0.3, -0.25) is 4.79 Å². The number of hydrogen-bond donors (Lipinski definition) is 2. The number of carbonyl (C=O) groups is 1. The first-order valence-electron chi connectivity index (χ1n) is 4.72. The minimum atomic E-state index is 0.675. The number of amides is 1. The number of halogens is 1. The Hall–Kier alpha value is -1.06. The molecule has 0 bridgehead atoms. The van der Waals surface area contributed by atoms with Crippen molar-refractivity contribution in [1.82, 2.24) is 5.32 Å². The van der Waals surface area contributed by atoms with Crippen LogP contribution in [0.2, 0.25) is 0 Å². The van der Waals surface area contributed by atoms with Crippen molar-refractivity contribution >= 4 is 23.7 Å². The van der Waals surface area contributed by atoms with E-state index >= 15 is 0 Å². The third-order valence-corrected chi connectivity index (χ3v) is 1.78. The molecule has 1 rings (SSSR count). The summed E-state index contributed by atoms with van der Waals surface area (Å²) in [5, 5.41) is 5.45. The Kier molecular flexibility index (Phi) is 8.82. The highest BCUT2D eigenvalue weighted by Crippen LogP contribution is 2.07. The summed E-state index contributed by atoms with van der Waals surface area (Å²) >= 11 is 5.24. The lowest BCUT2D eigenvalue weighted by molar-refractivity contribution is -0.105. The number of nitrogens with one attached hydrogen (secondary N) is 2. The lowest BCUT2D eigenvalue weighted by atomic mass is 10.2. The van der Waals surface area contributed by atoms with Crippen LogP contribution in [0.1, 0.15) is 5.56 Å². The predicted octanol–water partition coefficient (Wildman–Crippen LogP) is 2.01. The second kappa shape index (κ2) is 9.49. The molecular weight excluding hydrogens is 212 g/mol. The third-order valence-electron chi connectivity index (χ3n) is 1.59. The number of aryl methyl sites for hydroxylation is 1. The van der Waals surface area contributed by atoms with Crippen molar-refractivity contribution in [2.45, 2.75) is 6.92 Å². The number of anilines is 1. The molecule has 4 heteroatoms. The summed E-state index contributed by atoms with van der Waals surface area (Å²) in [6.07, 6.45) is 0.675. The zero-order valence-electron chi connectivity index (χ0n) is 9.09. The van der Waals surface area contributed by atoms with Crippen molar-refractivity contribution in [2.75, 3.05) is 24.8 Å². The zero-order chi connectivity index (χ0) is 11.5. The highest BCUT2D eigenvalue weighted by molar-refractivity contribution is 6.18. The molecule has 0 saturated heterocycles. The molecule has 0 saturated carbocycles. The molecule has 0 aliphatic rings. The first kappa shape index (κ1) is 13.9. The summed E-state index contributed by atoms with van der Waals surface area (Å²) in [4.78, 5) is 9.97. The van der Waals surface area contributed by atoms with E-state index in [1.807, 2.05) is 38.2 Å². The fourth-order valence-corrected chi connectivity index (χ4v) is 1.09. The van der Waals surface area contributed by atoms with E-state index < -0.39 is 0 Å². The second-order valence-corrected chi connectivity index (χ2v) is 3.30. The first-order chi connectivity index (χ1) is 7.24. The Bertz CT molecular complexity index is 277. The smallest absolute Gasteiger partial charge is 0.211 e. The molecule has 0 heterocycles. The normalized spacial score (nSPS) is 8.73. The van der Waals surface area contributed by atoms with Gasteiger partial charge in [-0.1, -0.05) is 12.1 Å². The van der Waals surface area contributed by atoms with Crippen LogP contribution >= 0.6 is 11.6 Å². The molecule has 0 spiro atoms. The van der Waals surface area contributed by atoms with Gasteiger partial charge in [0.25, 0.3) is 0 Å². The van der Waals surface area contributed by atoms with Gasteiger partial charge >= 0.3 is 0 Å². The SMILES string of the molecule is CNCCCl.Cc1cccc(NC=O)c1. The highest BCUT2D eigenvalue weighted by Gasteiger charge is 1.87. The number of hydrogen-bond acceptors (Lipinski definition) is 2. The summed E-state index contributed by atoms with van der Waals surface area (Å²) < 4.78 is 0.